The van der Waals surface area contributed by atoms with Gasteiger partial charge in [0.1, 0.15) is 5.82 Å². The van der Waals surface area contributed by atoms with Gasteiger partial charge in [0.15, 0.2) is 5.88 Å². The quantitative estimate of drug-likeness (QED) is 0.255. The second-order valence-electron chi connectivity index (χ2n) is 8.04. The molecule has 34 heavy (non-hydrogen) atoms. The van der Waals surface area contributed by atoms with E-state index in [0.717, 1.165) is 29.8 Å². The van der Waals surface area contributed by atoms with Crippen LogP contribution in [0.5, 0.6) is 5.88 Å². The maximum atomic E-state index is 13.8. The summed E-state index contributed by atoms with van der Waals surface area (Å²) in [5.74, 6) is -1.35. The number of hydrogen-bond acceptors (Lipinski definition) is 4. The van der Waals surface area contributed by atoms with Crippen molar-refractivity contribution in [2.75, 3.05) is 6.54 Å². The smallest absolute Gasteiger partial charge is 0.303 e. The van der Waals surface area contributed by atoms with Crippen molar-refractivity contribution in [3.63, 3.8) is 0 Å². The Hall–Kier alpha value is -3.97. The third kappa shape index (κ3) is 5.32. The normalized spacial score (nSPS) is 11.8. The van der Waals surface area contributed by atoms with Gasteiger partial charge in [-0.2, -0.15) is 0 Å². The number of H-pyrrole nitrogens is 1. The number of hydrogen-bond donors (Lipinski definition) is 4. The molecule has 0 saturated heterocycles. The van der Waals surface area contributed by atoms with Crippen LogP contribution in [0.4, 0.5) is 10.1 Å². The van der Waals surface area contributed by atoms with Crippen molar-refractivity contribution in [2.45, 2.75) is 26.3 Å². The summed E-state index contributed by atoms with van der Waals surface area (Å²) in [6.07, 6.45) is 0.474. The van der Waals surface area contributed by atoms with Crippen molar-refractivity contribution in [3.8, 4) is 5.88 Å². The number of aromatic hydroxyl groups is 1. The van der Waals surface area contributed by atoms with Crippen LogP contribution in [0.3, 0.4) is 0 Å². The third-order valence-electron chi connectivity index (χ3n) is 5.59. The van der Waals surface area contributed by atoms with Crippen LogP contribution in [0.25, 0.3) is 10.9 Å². The number of aryl methyl sites for hydroxylation is 1. The molecule has 0 bridgehead atoms. The Morgan fingerprint density at radius 1 is 1.03 bits per heavy atom. The van der Waals surface area contributed by atoms with E-state index in [9.17, 15) is 14.3 Å². The molecular weight excluding hydrogens is 433 g/mol. The Kier molecular flexibility index (Phi) is 7.04. The number of nitrogens with zero attached hydrogens (tertiary/aromatic N) is 1. The molecule has 0 amide bonds. The summed E-state index contributed by atoms with van der Waals surface area (Å²) in [5.41, 5.74) is 4.96. The van der Waals surface area contributed by atoms with E-state index in [4.69, 9.17) is 10.1 Å². The number of aromatic nitrogens is 1. The number of nitrogens with one attached hydrogen (secondary N) is 2. The van der Waals surface area contributed by atoms with Gasteiger partial charge in [0.05, 0.1) is 22.5 Å². The third-order valence-corrected chi connectivity index (χ3v) is 5.59. The maximum Gasteiger partial charge on any atom is 0.303 e. The molecular formula is C27H26FN3O3. The van der Waals surface area contributed by atoms with E-state index in [-0.39, 0.29) is 12.3 Å². The van der Waals surface area contributed by atoms with E-state index < -0.39 is 11.8 Å². The molecule has 7 heteroatoms. The van der Waals surface area contributed by atoms with E-state index in [2.05, 4.69) is 17.2 Å². The summed E-state index contributed by atoms with van der Waals surface area (Å²) in [7, 11) is 0. The van der Waals surface area contributed by atoms with Crippen molar-refractivity contribution in [1.29, 1.82) is 0 Å². The number of carboxylic acids is 1. The van der Waals surface area contributed by atoms with E-state index >= 15 is 0 Å². The summed E-state index contributed by atoms with van der Waals surface area (Å²) >= 11 is 0. The number of aliphatic carboxylic acids is 1. The van der Waals surface area contributed by atoms with Gasteiger partial charge in [-0.05, 0) is 54.4 Å². The fourth-order valence-corrected chi connectivity index (χ4v) is 3.83. The highest BCUT2D eigenvalue weighted by atomic mass is 19.1. The first-order valence-corrected chi connectivity index (χ1v) is 11.1. The zero-order chi connectivity index (χ0) is 24.1. The highest BCUT2D eigenvalue weighted by Gasteiger charge is 2.19. The molecule has 0 spiro atoms. The molecule has 0 fully saturated rings. The van der Waals surface area contributed by atoms with Crippen LogP contribution >= 0.6 is 0 Å². The number of carbonyl (C=O) groups is 1. The predicted octanol–water partition coefficient (Wildman–Crippen LogP) is 5.31. The number of carboxylic acid groups (broad SMARTS) is 1. The molecule has 4 N–H and O–H groups in total. The van der Waals surface area contributed by atoms with Gasteiger partial charge in [0, 0.05) is 23.9 Å². The average molecular weight is 460 g/mol. The fraction of sp³-hybridized carbons (Fsp3) is 0.185. The lowest BCUT2D eigenvalue weighted by Gasteiger charge is -2.10. The molecule has 4 rings (SSSR count). The number of benzene rings is 3. The Morgan fingerprint density at radius 3 is 2.41 bits per heavy atom. The molecule has 1 aromatic heterocycles. The zero-order valence-electron chi connectivity index (χ0n) is 18.8. The van der Waals surface area contributed by atoms with E-state index in [1.807, 2.05) is 48.5 Å². The lowest BCUT2D eigenvalue weighted by atomic mass is 9.98. The second-order valence-corrected chi connectivity index (χ2v) is 8.04. The van der Waals surface area contributed by atoms with Crippen LogP contribution in [0.2, 0.25) is 0 Å². The summed E-state index contributed by atoms with van der Waals surface area (Å²) in [4.78, 5) is 18.6. The van der Waals surface area contributed by atoms with Gasteiger partial charge in [-0.1, -0.05) is 43.3 Å². The molecule has 3 aromatic carbocycles. The van der Waals surface area contributed by atoms with Gasteiger partial charge >= 0.3 is 5.97 Å². The van der Waals surface area contributed by atoms with Crippen LogP contribution < -0.4 is 5.32 Å². The zero-order valence-corrected chi connectivity index (χ0v) is 18.8. The Labute approximate surface area is 196 Å². The second kappa shape index (κ2) is 10.3. The average Bonchev–Trinajstić information content (AvgIpc) is 3.15. The number of aliphatic imine (C=N–C) groups is 1. The minimum Gasteiger partial charge on any atom is -0.494 e. The number of rotatable bonds is 9. The molecule has 0 aliphatic rings. The van der Waals surface area contributed by atoms with E-state index in [0.29, 0.717) is 34.3 Å². The van der Waals surface area contributed by atoms with Crippen LogP contribution in [0.1, 0.15) is 35.6 Å². The number of aromatic amines is 1. The molecule has 0 aliphatic heterocycles. The maximum absolute atomic E-state index is 13.8. The molecule has 0 unspecified atom stereocenters. The topological polar surface area (TPSA) is 97.7 Å². The lowest BCUT2D eigenvalue weighted by molar-refractivity contribution is -0.136. The molecule has 0 aliphatic carbocycles. The minimum atomic E-state index is -0.847. The largest absolute Gasteiger partial charge is 0.494 e. The first-order chi connectivity index (χ1) is 16.4. The first kappa shape index (κ1) is 23.2. The standard InChI is InChI=1S/C27H26FN3O3/c1-2-29-16-18-5-11-21(12-6-18)30-26(19-8-3-17(4-9-19)7-14-24(32)33)25-22-13-10-20(28)15-23(22)31-27(25)34/h3-6,8-13,15,29,31,34H,2,7,14,16H2,1H3,(H,32,33). The van der Waals surface area contributed by atoms with Gasteiger partial charge in [0.25, 0.3) is 0 Å². The van der Waals surface area contributed by atoms with E-state index in [1.54, 1.807) is 6.07 Å². The van der Waals surface area contributed by atoms with Crippen molar-refractivity contribution in [2.24, 2.45) is 4.99 Å². The van der Waals surface area contributed by atoms with Crippen LogP contribution in [0.15, 0.2) is 71.7 Å². The number of fused-ring (bicyclic) bond motifs is 1. The molecule has 174 valence electrons. The van der Waals surface area contributed by atoms with Gasteiger partial charge in [0.2, 0.25) is 0 Å². The first-order valence-electron chi connectivity index (χ1n) is 11.1. The van der Waals surface area contributed by atoms with Crippen molar-refractivity contribution in [1.82, 2.24) is 10.3 Å². The Bertz CT molecular complexity index is 1330. The summed E-state index contributed by atoms with van der Waals surface area (Å²) in [6.45, 7) is 3.70. The van der Waals surface area contributed by atoms with Gasteiger partial charge in [-0.25, -0.2) is 9.38 Å². The summed E-state index contributed by atoms with van der Waals surface area (Å²) in [5, 5.41) is 23.6. The minimum absolute atomic E-state index is 0.0499. The fourth-order valence-electron chi connectivity index (χ4n) is 3.83. The molecule has 6 nitrogen and oxygen atoms in total. The van der Waals surface area contributed by atoms with Gasteiger partial charge in [-0.3, -0.25) is 4.79 Å². The SMILES string of the molecule is CCNCc1ccc(N=C(c2ccc(CCC(=O)O)cc2)c2c(O)[nH]c3cc(F)ccc23)cc1. The van der Waals surface area contributed by atoms with Gasteiger partial charge < -0.3 is 20.5 Å². The van der Waals surface area contributed by atoms with Crippen molar-refractivity contribution in [3.05, 3.63) is 94.8 Å². The van der Waals surface area contributed by atoms with Crippen molar-refractivity contribution >= 4 is 28.3 Å². The highest BCUT2D eigenvalue weighted by Crippen LogP contribution is 2.32. The monoisotopic (exact) mass is 459 g/mol. The van der Waals surface area contributed by atoms with Crippen LogP contribution in [-0.4, -0.2) is 33.4 Å². The van der Waals surface area contributed by atoms with E-state index in [1.165, 1.54) is 12.1 Å². The predicted molar refractivity (Wildman–Crippen MR) is 131 cm³/mol. The van der Waals surface area contributed by atoms with Gasteiger partial charge in [-0.15, -0.1) is 0 Å². The van der Waals surface area contributed by atoms with Crippen LogP contribution in [0, 0.1) is 5.82 Å². The molecule has 1 heterocycles. The molecule has 0 radical (unpaired) electrons. The molecule has 0 saturated carbocycles. The van der Waals surface area contributed by atoms with Crippen molar-refractivity contribution < 1.29 is 19.4 Å². The van der Waals surface area contributed by atoms with Crippen LogP contribution in [-0.2, 0) is 17.8 Å². The summed E-state index contributed by atoms with van der Waals surface area (Å²) in [6, 6.07) is 19.6. The molecule has 4 aromatic rings. The number of halogens is 1. The highest BCUT2D eigenvalue weighted by molar-refractivity contribution is 6.21. The molecule has 0 atom stereocenters. The Balaban J connectivity index is 1.78. The lowest BCUT2D eigenvalue weighted by Crippen LogP contribution is -2.11. The Morgan fingerprint density at radius 2 is 1.74 bits per heavy atom. The summed E-state index contributed by atoms with van der Waals surface area (Å²) < 4.78 is 13.8.